The highest BCUT2D eigenvalue weighted by molar-refractivity contribution is 7.89. The molecular formula is C18H26ClN3O5S. The number of amides is 2. The molecule has 1 aliphatic carbocycles. The van der Waals surface area contributed by atoms with Gasteiger partial charge >= 0.3 is 0 Å². The second kappa shape index (κ2) is 10.2. The number of nitrogens with zero attached hydrogens (tertiary/aromatic N) is 1. The van der Waals surface area contributed by atoms with Crippen LogP contribution in [0.2, 0.25) is 5.02 Å². The summed E-state index contributed by atoms with van der Waals surface area (Å²) in [6.07, 6.45) is 6.06. The Labute approximate surface area is 170 Å². The fraction of sp³-hybridized carbons (Fsp3) is 0.556. The first-order chi connectivity index (χ1) is 13.2. The van der Waals surface area contributed by atoms with E-state index in [1.807, 2.05) is 0 Å². The molecule has 0 aliphatic heterocycles. The first-order valence-corrected chi connectivity index (χ1v) is 10.9. The van der Waals surface area contributed by atoms with Crippen LogP contribution in [-0.4, -0.2) is 45.4 Å². The van der Waals surface area contributed by atoms with Gasteiger partial charge in [0.1, 0.15) is 4.90 Å². The summed E-state index contributed by atoms with van der Waals surface area (Å²) in [6, 6.07) is 4.10. The normalized spacial score (nSPS) is 15.4. The Hall–Kier alpha value is -1.68. The fourth-order valence-corrected chi connectivity index (χ4v) is 4.60. The largest absolute Gasteiger partial charge is 0.347 e. The van der Waals surface area contributed by atoms with Crippen molar-refractivity contribution in [2.24, 2.45) is 5.92 Å². The molecule has 2 rings (SSSR count). The average Bonchev–Trinajstić information content (AvgIpc) is 2.67. The molecule has 0 aromatic heterocycles. The van der Waals surface area contributed by atoms with E-state index in [9.17, 15) is 18.0 Å². The third kappa shape index (κ3) is 6.16. The van der Waals surface area contributed by atoms with Gasteiger partial charge in [-0.05, 0) is 37.0 Å². The monoisotopic (exact) mass is 431 g/mol. The van der Waals surface area contributed by atoms with Crippen LogP contribution < -0.4 is 10.6 Å². The first-order valence-electron chi connectivity index (χ1n) is 9.13. The molecule has 0 saturated heterocycles. The maximum atomic E-state index is 12.4. The van der Waals surface area contributed by atoms with Gasteiger partial charge in [-0.2, -0.15) is 0 Å². The van der Waals surface area contributed by atoms with Crippen LogP contribution in [0.1, 0.15) is 38.5 Å². The summed E-state index contributed by atoms with van der Waals surface area (Å²) >= 11 is 5.98. The Bertz CT molecular complexity index is 809. The highest BCUT2D eigenvalue weighted by Crippen LogP contribution is 2.27. The quantitative estimate of drug-likeness (QED) is 0.615. The Balaban J connectivity index is 1.93. The summed E-state index contributed by atoms with van der Waals surface area (Å²) in [5, 5.41) is 5.17. The Morgan fingerprint density at radius 2 is 1.89 bits per heavy atom. The van der Waals surface area contributed by atoms with Gasteiger partial charge in [-0.25, -0.2) is 8.42 Å². The van der Waals surface area contributed by atoms with Crippen LogP contribution in [0.5, 0.6) is 0 Å². The summed E-state index contributed by atoms with van der Waals surface area (Å²) in [7, 11) is -1.51. The molecule has 10 heteroatoms. The number of hydrogen-bond acceptors (Lipinski definition) is 5. The molecule has 0 unspecified atom stereocenters. The van der Waals surface area contributed by atoms with Crippen molar-refractivity contribution in [3.8, 4) is 0 Å². The number of carbonyl (C=O) groups is 2. The van der Waals surface area contributed by atoms with Crippen LogP contribution in [0, 0.1) is 5.92 Å². The minimum Gasteiger partial charge on any atom is -0.347 e. The predicted molar refractivity (Wildman–Crippen MR) is 106 cm³/mol. The van der Waals surface area contributed by atoms with E-state index in [0.717, 1.165) is 25.7 Å². The maximum Gasteiger partial charge on any atom is 0.266 e. The van der Waals surface area contributed by atoms with Gasteiger partial charge in [0.15, 0.2) is 0 Å². The lowest BCUT2D eigenvalue weighted by atomic mass is 9.87. The SMILES string of the molecule is CON(C)S(=O)(=O)c1cc(NC(=O)CNC(=O)CC2CCCCC2)ccc1Cl. The zero-order valence-corrected chi connectivity index (χ0v) is 17.6. The minimum atomic E-state index is -3.96. The number of hydrogen-bond donors (Lipinski definition) is 2. The number of sulfonamides is 1. The van der Waals surface area contributed by atoms with E-state index in [1.165, 1.54) is 38.8 Å². The van der Waals surface area contributed by atoms with Crippen molar-refractivity contribution in [1.82, 2.24) is 9.79 Å². The molecule has 1 saturated carbocycles. The van der Waals surface area contributed by atoms with Crippen LogP contribution in [0.25, 0.3) is 0 Å². The second-order valence-electron chi connectivity index (χ2n) is 6.78. The molecule has 28 heavy (non-hydrogen) atoms. The number of anilines is 1. The van der Waals surface area contributed by atoms with Crippen LogP contribution >= 0.6 is 11.6 Å². The van der Waals surface area contributed by atoms with Crippen molar-refractivity contribution in [2.75, 3.05) is 26.0 Å². The van der Waals surface area contributed by atoms with Crippen molar-refractivity contribution in [3.05, 3.63) is 23.2 Å². The van der Waals surface area contributed by atoms with Gasteiger partial charge in [-0.15, -0.1) is 0 Å². The number of rotatable bonds is 8. The van der Waals surface area contributed by atoms with E-state index in [1.54, 1.807) is 0 Å². The molecule has 2 N–H and O–H groups in total. The third-order valence-electron chi connectivity index (χ3n) is 4.73. The van der Waals surface area contributed by atoms with E-state index in [4.69, 9.17) is 16.4 Å². The Kier molecular flexibility index (Phi) is 8.23. The third-order valence-corrected chi connectivity index (χ3v) is 6.89. The zero-order valence-electron chi connectivity index (χ0n) is 16.0. The molecule has 8 nitrogen and oxygen atoms in total. The molecule has 2 amide bonds. The Morgan fingerprint density at radius 3 is 2.54 bits per heavy atom. The van der Waals surface area contributed by atoms with E-state index < -0.39 is 15.9 Å². The van der Waals surface area contributed by atoms with E-state index >= 15 is 0 Å². The molecule has 156 valence electrons. The van der Waals surface area contributed by atoms with E-state index in [-0.39, 0.29) is 28.1 Å². The standard InChI is InChI=1S/C18H26ClN3O5S/c1-22(27-2)28(25,26)16-11-14(8-9-15(16)19)21-18(24)12-20-17(23)10-13-6-4-3-5-7-13/h8-9,11,13H,3-7,10,12H2,1-2H3,(H,20,23)(H,21,24). The maximum absolute atomic E-state index is 12.4. The number of nitrogens with one attached hydrogen (secondary N) is 2. The van der Waals surface area contributed by atoms with Crippen molar-refractivity contribution in [2.45, 2.75) is 43.4 Å². The van der Waals surface area contributed by atoms with Crippen molar-refractivity contribution in [1.29, 1.82) is 0 Å². The van der Waals surface area contributed by atoms with Gasteiger partial charge in [-0.1, -0.05) is 35.3 Å². The van der Waals surface area contributed by atoms with E-state index in [0.29, 0.717) is 16.8 Å². The predicted octanol–water partition coefficient (Wildman–Crippen LogP) is 2.55. The van der Waals surface area contributed by atoms with Crippen LogP contribution in [0.3, 0.4) is 0 Å². The van der Waals surface area contributed by atoms with Crippen LogP contribution in [0.15, 0.2) is 23.1 Å². The second-order valence-corrected chi connectivity index (χ2v) is 9.09. The van der Waals surface area contributed by atoms with Crippen LogP contribution in [-0.2, 0) is 24.4 Å². The van der Waals surface area contributed by atoms with Gasteiger partial charge < -0.3 is 10.6 Å². The van der Waals surface area contributed by atoms with Gasteiger partial charge in [0.25, 0.3) is 10.0 Å². The molecule has 1 aromatic carbocycles. The molecule has 0 heterocycles. The van der Waals surface area contributed by atoms with Gasteiger partial charge in [0.05, 0.1) is 18.7 Å². The molecule has 0 bridgehead atoms. The number of carbonyl (C=O) groups excluding carboxylic acids is 2. The molecular weight excluding hydrogens is 406 g/mol. The number of halogens is 1. The topological polar surface area (TPSA) is 105 Å². The number of benzene rings is 1. The van der Waals surface area contributed by atoms with E-state index in [2.05, 4.69) is 10.6 Å². The van der Waals surface area contributed by atoms with Crippen molar-refractivity contribution < 1.29 is 22.8 Å². The lowest BCUT2D eigenvalue weighted by Crippen LogP contribution is -2.34. The minimum absolute atomic E-state index is 0.00248. The van der Waals surface area contributed by atoms with Crippen LogP contribution in [0.4, 0.5) is 5.69 Å². The zero-order chi connectivity index (χ0) is 20.7. The molecule has 0 spiro atoms. The smallest absolute Gasteiger partial charge is 0.266 e. The summed E-state index contributed by atoms with van der Waals surface area (Å²) in [5.74, 6) is -0.218. The molecule has 1 aliphatic rings. The van der Waals surface area contributed by atoms with Gasteiger partial charge in [0, 0.05) is 19.2 Å². The summed E-state index contributed by atoms with van der Waals surface area (Å²) in [4.78, 5) is 28.6. The van der Waals surface area contributed by atoms with Crippen molar-refractivity contribution >= 4 is 39.1 Å². The number of hydroxylamine groups is 1. The van der Waals surface area contributed by atoms with Gasteiger partial charge in [0.2, 0.25) is 11.8 Å². The highest BCUT2D eigenvalue weighted by Gasteiger charge is 2.24. The fourth-order valence-electron chi connectivity index (χ4n) is 3.13. The molecule has 0 radical (unpaired) electrons. The summed E-state index contributed by atoms with van der Waals surface area (Å²) in [6.45, 7) is -0.186. The lowest BCUT2D eigenvalue weighted by molar-refractivity contribution is -0.125. The first kappa shape index (κ1) is 22.6. The summed E-state index contributed by atoms with van der Waals surface area (Å²) in [5.41, 5.74) is 0.249. The Morgan fingerprint density at radius 1 is 1.21 bits per heavy atom. The molecule has 1 fully saturated rings. The van der Waals surface area contributed by atoms with Gasteiger partial charge in [-0.3, -0.25) is 14.4 Å². The molecule has 0 atom stereocenters. The molecule has 1 aromatic rings. The average molecular weight is 432 g/mol. The van der Waals surface area contributed by atoms with Crippen molar-refractivity contribution in [3.63, 3.8) is 0 Å². The highest BCUT2D eigenvalue weighted by atomic mass is 35.5. The summed E-state index contributed by atoms with van der Waals surface area (Å²) < 4.78 is 25.4. The lowest BCUT2D eigenvalue weighted by Gasteiger charge is -2.20.